The Bertz CT molecular complexity index is 500. The molecule has 1 aromatic carbocycles. The highest BCUT2D eigenvalue weighted by Crippen LogP contribution is 2.26. The molecular weight excluding hydrogens is 242 g/mol. The van der Waals surface area contributed by atoms with Gasteiger partial charge in [0, 0.05) is 11.0 Å². The predicted octanol–water partition coefficient (Wildman–Crippen LogP) is 0.882. The standard InChI is InChI=1S/C9H11N5O4/c10-6-3-5(1-2-7(6)14(17)18)9(16)8(15)4-12-13-11/h1-3,8-9,15-16H,4,10H2. The van der Waals surface area contributed by atoms with E-state index in [2.05, 4.69) is 10.0 Å². The lowest BCUT2D eigenvalue weighted by atomic mass is 10.0. The molecule has 18 heavy (non-hydrogen) atoms. The van der Waals surface area contributed by atoms with E-state index in [9.17, 15) is 20.3 Å². The Morgan fingerprint density at radius 3 is 2.72 bits per heavy atom. The molecule has 1 aromatic rings. The zero-order valence-electron chi connectivity index (χ0n) is 9.17. The fourth-order valence-corrected chi connectivity index (χ4v) is 1.37. The van der Waals surface area contributed by atoms with Gasteiger partial charge in [0.25, 0.3) is 5.69 Å². The van der Waals surface area contributed by atoms with Gasteiger partial charge >= 0.3 is 0 Å². The molecule has 0 fully saturated rings. The smallest absolute Gasteiger partial charge is 0.292 e. The number of azide groups is 1. The first kappa shape index (κ1) is 13.7. The third-order valence-corrected chi connectivity index (χ3v) is 2.29. The SMILES string of the molecule is [N-]=[N+]=NCC(O)C(O)c1ccc([N+](=O)[O-])c(N)c1. The van der Waals surface area contributed by atoms with Crippen LogP contribution in [0.15, 0.2) is 23.3 Å². The molecule has 0 spiro atoms. The lowest BCUT2D eigenvalue weighted by Gasteiger charge is -2.16. The van der Waals surface area contributed by atoms with Crippen molar-refractivity contribution < 1.29 is 15.1 Å². The van der Waals surface area contributed by atoms with Gasteiger partial charge in [-0.1, -0.05) is 5.11 Å². The van der Waals surface area contributed by atoms with Crippen LogP contribution >= 0.6 is 0 Å². The van der Waals surface area contributed by atoms with E-state index in [4.69, 9.17) is 11.3 Å². The van der Waals surface area contributed by atoms with E-state index in [1.165, 1.54) is 12.1 Å². The first-order valence-electron chi connectivity index (χ1n) is 4.88. The normalized spacial score (nSPS) is 13.4. The van der Waals surface area contributed by atoms with E-state index >= 15 is 0 Å². The number of nitrogen functional groups attached to an aromatic ring is 1. The first-order valence-corrected chi connectivity index (χ1v) is 4.88. The zero-order chi connectivity index (χ0) is 13.7. The lowest BCUT2D eigenvalue weighted by Crippen LogP contribution is -2.21. The molecular formula is C9H11N5O4. The second-order valence-corrected chi connectivity index (χ2v) is 3.50. The van der Waals surface area contributed by atoms with Crippen LogP contribution in [0.2, 0.25) is 0 Å². The van der Waals surface area contributed by atoms with E-state index < -0.39 is 17.1 Å². The molecule has 0 saturated carbocycles. The molecule has 0 aromatic heterocycles. The van der Waals surface area contributed by atoms with Gasteiger partial charge in [0.15, 0.2) is 0 Å². The average Bonchev–Trinajstić information content (AvgIpc) is 2.34. The van der Waals surface area contributed by atoms with Crippen LogP contribution in [0.25, 0.3) is 10.4 Å². The Hall–Kier alpha value is -2.35. The van der Waals surface area contributed by atoms with Gasteiger partial charge in [0.1, 0.15) is 11.8 Å². The summed E-state index contributed by atoms with van der Waals surface area (Å²) in [5, 5.41) is 32.8. The molecule has 96 valence electrons. The minimum atomic E-state index is -1.33. The number of nitro groups is 1. The van der Waals surface area contributed by atoms with Crippen LogP contribution < -0.4 is 5.73 Å². The van der Waals surface area contributed by atoms with Crippen molar-refractivity contribution in [3.05, 3.63) is 44.3 Å². The van der Waals surface area contributed by atoms with Crippen LogP contribution in [-0.4, -0.2) is 27.8 Å². The molecule has 0 aliphatic carbocycles. The lowest BCUT2D eigenvalue weighted by molar-refractivity contribution is -0.383. The number of nitrogens with two attached hydrogens (primary N) is 1. The quantitative estimate of drug-likeness (QED) is 0.177. The van der Waals surface area contributed by atoms with Gasteiger partial charge in [-0.3, -0.25) is 10.1 Å². The highest BCUT2D eigenvalue weighted by Gasteiger charge is 2.20. The van der Waals surface area contributed by atoms with E-state index in [1.54, 1.807) is 0 Å². The van der Waals surface area contributed by atoms with Crippen LogP contribution in [0.5, 0.6) is 0 Å². The number of nitro benzene ring substituents is 1. The van der Waals surface area contributed by atoms with Crippen molar-refractivity contribution in [2.24, 2.45) is 5.11 Å². The highest BCUT2D eigenvalue weighted by molar-refractivity contribution is 5.59. The fourth-order valence-electron chi connectivity index (χ4n) is 1.37. The molecule has 2 unspecified atom stereocenters. The van der Waals surface area contributed by atoms with E-state index in [0.717, 1.165) is 6.07 Å². The average molecular weight is 253 g/mol. The summed E-state index contributed by atoms with van der Waals surface area (Å²) in [7, 11) is 0. The van der Waals surface area contributed by atoms with Crippen molar-refractivity contribution in [1.82, 2.24) is 0 Å². The summed E-state index contributed by atoms with van der Waals surface area (Å²) in [6, 6.07) is 3.61. The molecule has 2 atom stereocenters. The maximum atomic E-state index is 10.5. The minimum Gasteiger partial charge on any atom is -0.393 e. The van der Waals surface area contributed by atoms with Crippen LogP contribution in [0.3, 0.4) is 0 Å². The van der Waals surface area contributed by atoms with Gasteiger partial charge in [-0.2, -0.15) is 0 Å². The topological polar surface area (TPSA) is 158 Å². The van der Waals surface area contributed by atoms with Gasteiger partial charge in [-0.15, -0.1) is 0 Å². The Balaban J connectivity index is 2.93. The van der Waals surface area contributed by atoms with Crippen molar-refractivity contribution in [3.63, 3.8) is 0 Å². The number of hydrogen-bond acceptors (Lipinski definition) is 6. The molecule has 0 aliphatic heterocycles. The Morgan fingerprint density at radius 2 is 2.22 bits per heavy atom. The monoisotopic (exact) mass is 253 g/mol. The van der Waals surface area contributed by atoms with Gasteiger partial charge in [0.05, 0.1) is 17.6 Å². The van der Waals surface area contributed by atoms with Crippen LogP contribution in [0.4, 0.5) is 11.4 Å². The van der Waals surface area contributed by atoms with Crippen LogP contribution in [0.1, 0.15) is 11.7 Å². The predicted molar refractivity (Wildman–Crippen MR) is 62.5 cm³/mol. The molecule has 0 saturated heterocycles. The van der Waals surface area contributed by atoms with Gasteiger partial charge in [-0.25, -0.2) is 0 Å². The second-order valence-electron chi connectivity index (χ2n) is 3.50. The Kier molecular flexibility index (Phi) is 4.44. The Labute approximate surface area is 101 Å². The maximum absolute atomic E-state index is 10.5. The van der Waals surface area contributed by atoms with E-state index in [0.29, 0.717) is 0 Å². The Morgan fingerprint density at radius 1 is 1.56 bits per heavy atom. The summed E-state index contributed by atoms with van der Waals surface area (Å²) in [5.74, 6) is 0. The molecule has 9 heteroatoms. The number of hydrogen-bond donors (Lipinski definition) is 3. The van der Waals surface area contributed by atoms with Crippen molar-refractivity contribution in [3.8, 4) is 0 Å². The van der Waals surface area contributed by atoms with Crippen LogP contribution in [0, 0.1) is 10.1 Å². The number of nitrogens with zero attached hydrogens (tertiary/aromatic N) is 4. The van der Waals surface area contributed by atoms with E-state index in [-0.39, 0.29) is 23.5 Å². The van der Waals surface area contributed by atoms with Gasteiger partial charge in [0.2, 0.25) is 0 Å². The van der Waals surface area contributed by atoms with Crippen LogP contribution in [-0.2, 0) is 0 Å². The van der Waals surface area contributed by atoms with Crippen molar-refractivity contribution >= 4 is 11.4 Å². The summed E-state index contributed by atoms with van der Waals surface area (Å²) in [4.78, 5) is 12.3. The molecule has 9 nitrogen and oxygen atoms in total. The second kappa shape index (κ2) is 5.82. The molecule has 0 heterocycles. The minimum absolute atomic E-state index is 0.118. The van der Waals surface area contributed by atoms with Crippen molar-refractivity contribution in [2.75, 3.05) is 12.3 Å². The summed E-state index contributed by atoms with van der Waals surface area (Å²) in [5.41, 5.74) is 13.3. The molecule has 0 radical (unpaired) electrons. The fraction of sp³-hybridized carbons (Fsp3) is 0.333. The summed E-state index contributed by atoms with van der Waals surface area (Å²) in [6.45, 7) is -0.311. The van der Waals surface area contributed by atoms with E-state index in [1.807, 2.05) is 0 Å². The number of aliphatic hydroxyl groups is 2. The number of anilines is 1. The zero-order valence-corrected chi connectivity index (χ0v) is 9.17. The van der Waals surface area contributed by atoms with Crippen molar-refractivity contribution in [2.45, 2.75) is 12.2 Å². The van der Waals surface area contributed by atoms with Crippen molar-refractivity contribution in [1.29, 1.82) is 0 Å². The molecule has 0 bridgehead atoms. The summed E-state index contributed by atoms with van der Waals surface area (Å²) in [6.07, 6.45) is -2.64. The van der Waals surface area contributed by atoms with Gasteiger partial charge < -0.3 is 15.9 Å². The van der Waals surface area contributed by atoms with Gasteiger partial charge in [-0.05, 0) is 23.2 Å². The summed E-state index contributed by atoms with van der Waals surface area (Å²) < 4.78 is 0. The molecule has 1 rings (SSSR count). The summed E-state index contributed by atoms with van der Waals surface area (Å²) >= 11 is 0. The molecule has 0 aliphatic rings. The number of rotatable bonds is 5. The third-order valence-electron chi connectivity index (χ3n) is 2.29. The highest BCUT2D eigenvalue weighted by atomic mass is 16.6. The first-order chi connectivity index (χ1) is 8.47. The maximum Gasteiger partial charge on any atom is 0.292 e. The third kappa shape index (κ3) is 3.08. The molecule has 4 N–H and O–H groups in total. The molecule has 0 amide bonds. The number of benzene rings is 1. The number of aliphatic hydroxyl groups excluding tert-OH is 2. The largest absolute Gasteiger partial charge is 0.393 e.